The van der Waals surface area contributed by atoms with Gasteiger partial charge in [-0.1, -0.05) is 116 Å². The van der Waals surface area contributed by atoms with Crippen molar-refractivity contribution in [3.05, 3.63) is 12.3 Å². The number of carbonyl (C=O) groups excluding carboxylic acids is 2. The van der Waals surface area contributed by atoms with Gasteiger partial charge in [0.2, 0.25) is 0 Å². The highest BCUT2D eigenvalue weighted by Gasteiger charge is 2.14. The lowest BCUT2D eigenvalue weighted by Gasteiger charge is -2.24. The number of allylic oxidation sites excluding steroid dienone is 1. The summed E-state index contributed by atoms with van der Waals surface area (Å²) in [5.41, 5.74) is 0. The van der Waals surface area contributed by atoms with Crippen molar-refractivity contribution in [3.8, 4) is 0 Å². The van der Waals surface area contributed by atoms with Crippen LogP contribution >= 0.6 is 0 Å². The third-order valence-corrected chi connectivity index (χ3v) is 10.3. The molecule has 0 radical (unpaired) electrons. The van der Waals surface area contributed by atoms with Crippen LogP contribution in [0.5, 0.6) is 0 Å². The minimum absolute atomic E-state index is 0.0143. The van der Waals surface area contributed by atoms with Gasteiger partial charge in [0.15, 0.2) is 0 Å². The average Bonchev–Trinajstić information content (AvgIpc) is 3.06. The van der Waals surface area contributed by atoms with Crippen molar-refractivity contribution in [2.45, 2.75) is 173 Å². The molecule has 0 atom stereocenters. The van der Waals surface area contributed by atoms with E-state index in [1.807, 2.05) is 0 Å². The van der Waals surface area contributed by atoms with Gasteiger partial charge >= 0.3 is 11.9 Å². The molecule has 0 heterocycles. The fraction of sp³-hybridized carbons (Fsp3) is 0.900. The molecule has 0 aromatic heterocycles. The predicted molar refractivity (Wildman–Crippen MR) is 193 cm³/mol. The Labute approximate surface area is 284 Å². The number of carbonyl (C=O) groups is 2. The molecule has 0 spiro atoms. The Bertz CT molecular complexity index is 758. The summed E-state index contributed by atoms with van der Waals surface area (Å²) in [7, 11) is 4.34. The molecule has 6 heteroatoms. The van der Waals surface area contributed by atoms with Crippen LogP contribution in [0, 0.1) is 11.8 Å². The van der Waals surface area contributed by atoms with Crippen LogP contribution in [0.1, 0.15) is 173 Å². The van der Waals surface area contributed by atoms with Crippen molar-refractivity contribution >= 4 is 11.9 Å². The highest BCUT2D eigenvalue weighted by Crippen LogP contribution is 2.26. The van der Waals surface area contributed by atoms with Crippen LogP contribution < -0.4 is 0 Å². The standard InChI is InChI=1S/C40H74N2O4/c1-41(2)33-34-42(31-21-11-7-3-5-9-19-27-39(43)45-35-29-37-23-15-13-16-24-37)32-22-12-8-4-6-10-20-28-40(44)46-36-30-38-25-17-14-18-26-38/h29,35,37-38H,3-28,30-34,36H2,1-2H3/b35-29+. The van der Waals surface area contributed by atoms with Crippen molar-refractivity contribution in [2.24, 2.45) is 11.8 Å². The number of hydrogen-bond donors (Lipinski definition) is 0. The summed E-state index contributed by atoms with van der Waals surface area (Å²) >= 11 is 0. The average molecular weight is 647 g/mol. The second-order valence-corrected chi connectivity index (χ2v) is 14.8. The Balaban J connectivity index is 1.38. The lowest BCUT2D eigenvalue weighted by Crippen LogP contribution is -2.33. The molecule has 2 saturated carbocycles. The Hall–Kier alpha value is -1.40. The molecule has 0 aromatic rings. The van der Waals surface area contributed by atoms with Gasteiger partial charge in [0.05, 0.1) is 12.9 Å². The Morgan fingerprint density at radius 1 is 0.587 bits per heavy atom. The van der Waals surface area contributed by atoms with Crippen LogP contribution in [0.3, 0.4) is 0 Å². The van der Waals surface area contributed by atoms with Gasteiger partial charge in [0, 0.05) is 25.9 Å². The maximum absolute atomic E-state index is 12.0. The molecule has 0 aromatic carbocycles. The smallest absolute Gasteiger partial charge is 0.310 e. The number of nitrogens with zero attached hydrogens (tertiary/aromatic N) is 2. The molecular formula is C40H74N2O4. The normalized spacial score (nSPS) is 16.5. The molecule has 2 fully saturated rings. The molecular weight excluding hydrogens is 572 g/mol. The number of rotatable bonds is 28. The summed E-state index contributed by atoms with van der Waals surface area (Å²) in [6.45, 7) is 5.35. The molecule has 0 bridgehead atoms. The van der Waals surface area contributed by atoms with Crippen LogP contribution in [0.2, 0.25) is 0 Å². The molecule has 2 aliphatic carbocycles. The summed E-state index contributed by atoms with van der Waals surface area (Å²) in [4.78, 5) is 29.0. The van der Waals surface area contributed by atoms with Crippen molar-refractivity contribution in [2.75, 3.05) is 46.9 Å². The number of hydrogen-bond acceptors (Lipinski definition) is 6. The maximum atomic E-state index is 12.0. The van der Waals surface area contributed by atoms with E-state index in [0.717, 1.165) is 51.1 Å². The first-order valence-corrected chi connectivity index (χ1v) is 19.9. The van der Waals surface area contributed by atoms with E-state index in [1.54, 1.807) is 6.26 Å². The van der Waals surface area contributed by atoms with Crippen molar-refractivity contribution in [1.82, 2.24) is 9.80 Å². The van der Waals surface area contributed by atoms with Gasteiger partial charge in [-0.2, -0.15) is 0 Å². The van der Waals surface area contributed by atoms with E-state index in [2.05, 4.69) is 30.0 Å². The van der Waals surface area contributed by atoms with Crippen molar-refractivity contribution in [1.29, 1.82) is 0 Å². The molecule has 2 rings (SSSR count). The monoisotopic (exact) mass is 647 g/mol. The van der Waals surface area contributed by atoms with Crippen LogP contribution in [0.15, 0.2) is 12.3 Å². The number of ether oxygens (including phenoxy) is 2. The van der Waals surface area contributed by atoms with E-state index in [4.69, 9.17) is 9.47 Å². The second kappa shape index (κ2) is 28.6. The highest BCUT2D eigenvalue weighted by molar-refractivity contribution is 5.70. The van der Waals surface area contributed by atoms with Crippen molar-refractivity contribution in [3.63, 3.8) is 0 Å². The SMILES string of the molecule is CN(C)CCN(CCCCCCCCCC(=O)O/C=C/C1CCCCC1)CCCCCCCCCC(=O)OCCC1CCCCC1. The highest BCUT2D eigenvalue weighted by atomic mass is 16.5. The van der Waals surface area contributed by atoms with E-state index in [-0.39, 0.29) is 11.9 Å². The van der Waals surface area contributed by atoms with Crippen LogP contribution in [-0.2, 0) is 19.1 Å². The summed E-state index contributed by atoms with van der Waals surface area (Å²) in [6, 6.07) is 0. The summed E-state index contributed by atoms with van der Waals surface area (Å²) in [5, 5.41) is 0. The van der Waals surface area contributed by atoms with E-state index < -0.39 is 0 Å². The van der Waals surface area contributed by atoms with E-state index in [9.17, 15) is 9.59 Å². The Morgan fingerprint density at radius 2 is 1.09 bits per heavy atom. The van der Waals surface area contributed by atoms with Crippen LogP contribution in [-0.4, -0.2) is 68.6 Å². The largest absolute Gasteiger partial charge is 0.466 e. The fourth-order valence-corrected chi connectivity index (χ4v) is 7.15. The molecule has 0 amide bonds. The molecule has 2 aliphatic rings. The van der Waals surface area contributed by atoms with Gasteiger partial charge in [-0.3, -0.25) is 9.59 Å². The zero-order chi connectivity index (χ0) is 32.9. The number of likely N-dealkylation sites (N-methyl/N-ethyl adjacent to an activating group) is 1. The summed E-state index contributed by atoms with van der Waals surface area (Å²) in [6.07, 6.45) is 36.2. The quantitative estimate of drug-likeness (QED) is 0.0479. The van der Waals surface area contributed by atoms with Gasteiger partial charge in [0.1, 0.15) is 0 Å². The molecule has 0 N–H and O–H groups in total. The lowest BCUT2D eigenvalue weighted by molar-refractivity contribution is -0.144. The number of esters is 2. The molecule has 46 heavy (non-hydrogen) atoms. The van der Waals surface area contributed by atoms with Gasteiger partial charge in [-0.15, -0.1) is 0 Å². The van der Waals surface area contributed by atoms with Crippen molar-refractivity contribution < 1.29 is 19.1 Å². The van der Waals surface area contributed by atoms with Crippen LogP contribution in [0.25, 0.3) is 0 Å². The van der Waals surface area contributed by atoms with E-state index >= 15 is 0 Å². The first kappa shape index (κ1) is 40.8. The minimum Gasteiger partial charge on any atom is -0.466 e. The van der Waals surface area contributed by atoms with Gasteiger partial charge in [-0.05, 0) is 90.0 Å². The van der Waals surface area contributed by atoms with Gasteiger partial charge in [-0.25, -0.2) is 0 Å². The van der Waals surface area contributed by atoms with E-state index in [0.29, 0.717) is 25.4 Å². The maximum Gasteiger partial charge on any atom is 0.310 e. The molecule has 268 valence electrons. The topological polar surface area (TPSA) is 59.1 Å². The minimum atomic E-state index is -0.0707. The molecule has 0 aliphatic heterocycles. The lowest BCUT2D eigenvalue weighted by atomic mass is 9.87. The Morgan fingerprint density at radius 3 is 1.65 bits per heavy atom. The van der Waals surface area contributed by atoms with E-state index in [1.165, 1.54) is 142 Å². The number of unbranched alkanes of at least 4 members (excludes halogenated alkanes) is 12. The second-order valence-electron chi connectivity index (χ2n) is 14.8. The zero-order valence-corrected chi connectivity index (χ0v) is 30.5. The van der Waals surface area contributed by atoms with Gasteiger partial charge < -0.3 is 19.3 Å². The molecule has 0 saturated heterocycles. The molecule has 0 unspecified atom stereocenters. The third kappa shape index (κ3) is 23.8. The Kier molecular flexibility index (Phi) is 25.3. The molecule has 6 nitrogen and oxygen atoms in total. The first-order valence-electron chi connectivity index (χ1n) is 19.9. The third-order valence-electron chi connectivity index (χ3n) is 10.3. The first-order chi connectivity index (χ1) is 22.5. The summed E-state index contributed by atoms with van der Waals surface area (Å²) in [5.74, 6) is 1.34. The fourth-order valence-electron chi connectivity index (χ4n) is 7.15. The summed E-state index contributed by atoms with van der Waals surface area (Å²) < 4.78 is 10.8. The van der Waals surface area contributed by atoms with Crippen LogP contribution in [0.4, 0.5) is 0 Å². The predicted octanol–water partition coefficient (Wildman–Crippen LogP) is 10.2. The van der Waals surface area contributed by atoms with Gasteiger partial charge in [0.25, 0.3) is 0 Å². The zero-order valence-electron chi connectivity index (χ0n) is 30.5.